The van der Waals surface area contributed by atoms with Gasteiger partial charge >= 0.3 is 20.4 Å². The molecule has 6 rings (SSSR count). The van der Waals surface area contributed by atoms with Gasteiger partial charge < -0.3 is 30.6 Å². The van der Waals surface area contributed by atoms with E-state index in [1.165, 1.54) is 31.8 Å². The van der Waals surface area contributed by atoms with E-state index in [1.807, 2.05) is 0 Å². The van der Waals surface area contributed by atoms with Crippen molar-refractivity contribution >= 4 is 65.4 Å². The van der Waals surface area contributed by atoms with Gasteiger partial charge in [-0.15, -0.1) is 0 Å². The zero-order valence-electron chi connectivity index (χ0n) is 25.7. The Bertz CT molecular complexity index is 1650. The van der Waals surface area contributed by atoms with Crippen molar-refractivity contribution < 1.29 is 46.3 Å². The summed E-state index contributed by atoms with van der Waals surface area (Å²) in [5.41, 5.74) is 1.89. The van der Waals surface area contributed by atoms with Crippen LogP contribution in [0.25, 0.3) is 5.32 Å². The summed E-state index contributed by atoms with van der Waals surface area (Å²) in [6.07, 6.45) is 1.73. The number of hydrogen-bond donors (Lipinski definition) is 0. The van der Waals surface area contributed by atoms with Gasteiger partial charge in [0.15, 0.2) is 0 Å². The Morgan fingerprint density at radius 2 is 0.761 bits per heavy atom. The standard InChI is InChI=1S/C37H29N2P2.2CH3.H2O.2Pd/c1-5-17-30(18-6-1)40(31-19-7-2-8-20-31)36-27-15-13-25-34(36)38-29-39-35-26-14-16-28-37(35)41(32-21-9-3-10-22-32)33-23-11-4-12-24-33;;;;;/h1-29H;2*1H3;1H2;;/q3*-1;;;+2. The second-order valence-electron chi connectivity index (χ2n) is 9.36. The molecule has 0 saturated heterocycles. The molecule has 0 radical (unpaired) electrons. The van der Waals surface area contributed by atoms with Crippen LogP contribution in [0.3, 0.4) is 0 Å². The fraction of sp³-hybridized carbons (Fsp3) is 0. The van der Waals surface area contributed by atoms with E-state index in [4.69, 9.17) is 10.3 Å². The first-order chi connectivity index (χ1) is 20.4. The minimum absolute atomic E-state index is 0. The van der Waals surface area contributed by atoms with Crippen molar-refractivity contribution in [3.63, 3.8) is 0 Å². The maximum atomic E-state index is 4.95. The van der Waals surface area contributed by atoms with Crippen molar-refractivity contribution in [2.24, 2.45) is 4.99 Å². The Balaban J connectivity index is 0.00000212. The fourth-order valence-corrected chi connectivity index (χ4v) is 9.62. The molecule has 6 aromatic carbocycles. The molecule has 0 saturated carbocycles. The summed E-state index contributed by atoms with van der Waals surface area (Å²) in [4.78, 5) is 4.95. The second kappa shape index (κ2) is 20.9. The van der Waals surface area contributed by atoms with Crippen molar-refractivity contribution in [2.45, 2.75) is 0 Å². The largest absolute Gasteiger partial charge is 2.00 e. The molecule has 0 aliphatic heterocycles. The summed E-state index contributed by atoms with van der Waals surface area (Å²) < 4.78 is 0. The Morgan fingerprint density at radius 3 is 1.20 bits per heavy atom. The molecule has 0 amide bonds. The molecule has 0 aromatic heterocycles. The van der Waals surface area contributed by atoms with Crippen LogP contribution >= 0.6 is 15.8 Å². The predicted molar refractivity (Wildman–Crippen MR) is 198 cm³/mol. The quantitative estimate of drug-likeness (QED) is 0.0474. The van der Waals surface area contributed by atoms with E-state index < -0.39 is 15.8 Å². The first-order valence-electron chi connectivity index (χ1n) is 13.6. The van der Waals surface area contributed by atoms with E-state index in [2.05, 4.69) is 170 Å². The summed E-state index contributed by atoms with van der Waals surface area (Å²) in [6, 6.07) is 59.9. The first kappa shape index (κ1) is 41.0. The summed E-state index contributed by atoms with van der Waals surface area (Å²) in [5, 5.41) is 12.6. The molecule has 0 atom stereocenters. The van der Waals surface area contributed by atoms with E-state index in [9.17, 15) is 0 Å². The van der Waals surface area contributed by atoms with Crippen molar-refractivity contribution in [2.75, 3.05) is 0 Å². The molecular formula is C39H37N2OP2Pd2-. The number of aliphatic imine (C=N–C) groups is 1. The van der Waals surface area contributed by atoms with Crippen LogP contribution < -0.4 is 31.8 Å². The third-order valence-electron chi connectivity index (χ3n) is 6.70. The molecule has 0 heterocycles. The SMILES string of the molecule is C(=Nc1ccccc1P(c1ccccc1)c1ccccc1)[N-]c1ccccc1P(c1ccccc1)c1ccccc1.O.[CH3-].[CH3-].[Pd+2].[Pd]. The van der Waals surface area contributed by atoms with Crippen LogP contribution in [0.15, 0.2) is 175 Å². The second-order valence-corrected chi connectivity index (χ2v) is 13.7. The first-order valence-corrected chi connectivity index (χ1v) is 16.3. The molecule has 0 spiro atoms. The van der Waals surface area contributed by atoms with Gasteiger partial charge in [0, 0.05) is 20.4 Å². The normalized spacial score (nSPS) is 10.0. The Labute approximate surface area is 304 Å². The van der Waals surface area contributed by atoms with E-state index in [0.29, 0.717) is 0 Å². The van der Waals surface area contributed by atoms with E-state index in [1.54, 1.807) is 6.34 Å². The van der Waals surface area contributed by atoms with Gasteiger partial charge in [0.05, 0.1) is 0 Å². The molecular weight excluding hydrogens is 787 g/mol. The zero-order valence-corrected chi connectivity index (χ0v) is 30.6. The van der Waals surface area contributed by atoms with Gasteiger partial charge in [0.2, 0.25) is 0 Å². The topological polar surface area (TPSA) is 58.0 Å². The molecule has 7 heteroatoms. The van der Waals surface area contributed by atoms with Gasteiger partial charge in [0.25, 0.3) is 0 Å². The molecule has 3 nitrogen and oxygen atoms in total. The van der Waals surface area contributed by atoms with Crippen LogP contribution in [0.2, 0.25) is 0 Å². The number of nitrogens with zero attached hydrogens (tertiary/aromatic N) is 2. The molecule has 0 fully saturated rings. The van der Waals surface area contributed by atoms with Gasteiger partial charge in [-0.2, -0.15) is 0 Å². The number of rotatable bonds is 9. The van der Waals surface area contributed by atoms with E-state index >= 15 is 0 Å². The van der Waals surface area contributed by atoms with Crippen LogP contribution in [-0.4, -0.2) is 11.8 Å². The molecule has 240 valence electrons. The summed E-state index contributed by atoms with van der Waals surface area (Å²) in [7, 11) is -1.53. The maximum Gasteiger partial charge on any atom is 2.00 e. The zero-order chi connectivity index (χ0) is 27.7. The van der Waals surface area contributed by atoms with E-state index in [-0.39, 0.29) is 61.2 Å². The van der Waals surface area contributed by atoms with Crippen LogP contribution in [0.1, 0.15) is 0 Å². The summed E-state index contributed by atoms with van der Waals surface area (Å²) >= 11 is 0. The minimum atomic E-state index is -0.767. The van der Waals surface area contributed by atoms with Crippen LogP contribution in [0.5, 0.6) is 0 Å². The minimum Gasteiger partial charge on any atom is -0.443 e. The van der Waals surface area contributed by atoms with Crippen molar-refractivity contribution in [3.05, 3.63) is 190 Å². The molecule has 0 aliphatic rings. The van der Waals surface area contributed by atoms with Crippen molar-refractivity contribution in [3.8, 4) is 0 Å². The molecule has 2 N–H and O–H groups in total. The van der Waals surface area contributed by atoms with Crippen LogP contribution in [0, 0.1) is 14.9 Å². The van der Waals surface area contributed by atoms with Crippen molar-refractivity contribution in [1.29, 1.82) is 0 Å². The van der Waals surface area contributed by atoms with Gasteiger partial charge in [-0.25, -0.2) is 0 Å². The van der Waals surface area contributed by atoms with Crippen LogP contribution in [0.4, 0.5) is 11.4 Å². The number of benzene rings is 6. The summed E-state index contributed by atoms with van der Waals surface area (Å²) in [5.74, 6) is 0. The molecule has 0 unspecified atom stereocenters. The van der Waals surface area contributed by atoms with Crippen molar-refractivity contribution in [1.82, 2.24) is 0 Å². The third-order valence-corrected chi connectivity index (χ3v) is 11.7. The summed E-state index contributed by atoms with van der Waals surface area (Å²) in [6.45, 7) is 0. The van der Waals surface area contributed by atoms with Gasteiger partial charge in [-0.05, 0) is 59.0 Å². The average molecular weight is 825 g/mol. The van der Waals surface area contributed by atoms with Gasteiger partial charge in [0.1, 0.15) is 0 Å². The number of hydrogen-bond acceptors (Lipinski definition) is 1. The monoisotopic (exact) mass is 823 g/mol. The Hall–Kier alpha value is -3.07. The smallest absolute Gasteiger partial charge is 0.443 e. The average Bonchev–Trinajstić information content (AvgIpc) is 3.05. The third kappa shape index (κ3) is 9.97. The Morgan fingerprint density at radius 1 is 0.435 bits per heavy atom. The van der Waals surface area contributed by atoms with Gasteiger partial charge in [-0.1, -0.05) is 176 Å². The molecule has 0 aliphatic carbocycles. The molecule has 46 heavy (non-hydrogen) atoms. The molecule has 6 aromatic rings. The number of para-hydroxylation sites is 2. The van der Waals surface area contributed by atoms with E-state index in [0.717, 1.165) is 11.4 Å². The Kier molecular flexibility index (Phi) is 18.6. The maximum absolute atomic E-state index is 4.95. The van der Waals surface area contributed by atoms with Gasteiger partial charge in [-0.3, -0.25) is 0 Å². The van der Waals surface area contributed by atoms with Crippen LogP contribution in [-0.2, 0) is 40.8 Å². The molecule has 0 bridgehead atoms. The predicted octanol–water partition coefficient (Wildman–Crippen LogP) is 7.64. The fourth-order valence-electron chi connectivity index (χ4n) is 4.84.